The number of aromatic nitrogens is 5. The van der Waals surface area contributed by atoms with E-state index in [0.29, 0.717) is 28.0 Å². The molecule has 0 atom stereocenters. The Labute approximate surface area is 289 Å². The van der Waals surface area contributed by atoms with E-state index in [1.807, 2.05) is 32.9 Å². The van der Waals surface area contributed by atoms with E-state index < -0.39 is 17.3 Å². The lowest BCUT2D eigenvalue weighted by Crippen LogP contribution is -2.43. The summed E-state index contributed by atoms with van der Waals surface area (Å²) in [5, 5.41) is 12.3. The van der Waals surface area contributed by atoms with Crippen LogP contribution in [-0.4, -0.2) is 73.5 Å². The number of halogens is 1. The van der Waals surface area contributed by atoms with Crippen LogP contribution in [-0.2, 0) is 35.1 Å². The summed E-state index contributed by atoms with van der Waals surface area (Å²) in [4.78, 5) is 48.3. The van der Waals surface area contributed by atoms with Crippen molar-refractivity contribution in [2.45, 2.75) is 46.3 Å². The van der Waals surface area contributed by atoms with Crippen LogP contribution in [0, 0.1) is 5.82 Å². The summed E-state index contributed by atoms with van der Waals surface area (Å²) in [7, 11) is 3.66. The molecule has 1 N–H and O–H groups in total. The zero-order valence-electron chi connectivity index (χ0n) is 29.2. The van der Waals surface area contributed by atoms with Gasteiger partial charge in [-0.1, -0.05) is 39.0 Å². The van der Waals surface area contributed by atoms with Crippen LogP contribution >= 0.6 is 0 Å². The maximum Gasteiger partial charge on any atom is 0.302 e. The van der Waals surface area contributed by atoms with Gasteiger partial charge in [0, 0.05) is 69.4 Å². The number of esters is 1. The van der Waals surface area contributed by atoms with E-state index in [0.717, 1.165) is 48.5 Å². The van der Waals surface area contributed by atoms with E-state index in [4.69, 9.17) is 4.74 Å². The van der Waals surface area contributed by atoms with Crippen molar-refractivity contribution >= 4 is 28.2 Å². The second-order valence-corrected chi connectivity index (χ2v) is 13.7. The molecule has 50 heavy (non-hydrogen) atoms. The monoisotopic (exact) mass is 680 g/mol. The highest BCUT2D eigenvalue weighted by Gasteiger charge is 2.22. The first-order valence-corrected chi connectivity index (χ1v) is 16.5. The number of fused-ring (bicyclic) bond motifs is 1. The smallest absolute Gasteiger partial charge is 0.302 e. The van der Waals surface area contributed by atoms with Crippen LogP contribution in [0.4, 0.5) is 15.9 Å². The Bertz CT molecular complexity index is 2180. The molecule has 6 rings (SSSR count). The number of benzene rings is 2. The lowest BCUT2D eigenvalue weighted by Gasteiger charge is -2.32. The highest BCUT2D eigenvalue weighted by Crippen LogP contribution is 2.30. The van der Waals surface area contributed by atoms with Crippen LogP contribution in [0.3, 0.4) is 0 Å². The molecule has 3 aromatic heterocycles. The van der Waals surface area contributed by atoms with Crippen LogP contribution in [0.25, 0.3) is 27.7 Å². The normalized spacial score (nSPS) is 14.2. The van der Waals surface area contributed by atoms with Crippen LogP contribution in [0.5, 0.6) is 0 Å². The molecule has 1 aliphatic heterocycles. The van der Waals surface area contributed by atoms with E-state index in [1.165, 1.54) is 30.9 Å². The van der Waals surface area contributed by atoms with Crippen molar-refractivity contribution in [3.05, 3.63) is 104 Å². The van der Waals surface area contributed by atoms with Gasteiger partial charge in [-0.05, 0) is 53.9 Å². The summed E-state index contributed by atoms with van der Waals surface area (Å²) >= 11 is 0. The lowest BCUT2D eigenvalue weighted by molar-refractivity contribution is -0.142. The Hall–Kier alpha value is -5.27. The van der Waals surface area contributed by atoms with Crippen molar-refractivity contribution in [2.24, 2.45) is 7.05 Å². The van der Waals surface area contributed by atoms with Gasteiger partial charge in [0.1, 0.15) is 23.9 Å². The molecular weight excluding hydrogens is 639 g/mol. The number of carbonyl (C=O) groups excluding carboxylic acids is 1. The van der Waals surface area contributed by atoms with Gasteiger partial charge in [-0.3, -0.25) is 19.3 Å². The number of likely N-dealkylation sites (N-methyl/N-ethyl adjacent to an activating group) is 1. The Morgan fingerprint density at radius 2 is 1.74 bits per heavy atom. The maximum absolute atomic E-state index is 15.5. The number of nitrogens with zero attached hydrogens (tertiary/aromatic N) is 7. The molecule has 0 unspecified atom stereocenters. The molecule has 4 heterocycles. The van der Waals surface area contributed by atoms with Gasteiger partial charge in [0.05, 0.1) is 23.0 Å². The molecule has 13 heteroatoms. The van der Waals surface area contributed by atoms with Gasteiger partial charge in [0.15, 0.2) is 0 Å². The van der Waals surface area contributed by atoms with Crippen LogP contribution in [0.2, 0.25) is 0 Å². The van der Waals surface area contributed by atoms with E-state index in [9.17, 15) is 14.4 Å². The molecule has 1 fully saturated rings. The molecule has 0 amide bonds. The van der Waals surface area contributed by atoms with E-state index in [-0.39, 0.29) is 34.3 Å². The molecule has 0 bridgehead atoms. The standard InChI is InChI=1S/C37H41FN8O4/c1-23(47)50-22-28-27(8-7-9-32(28)46-36(49)34-25(20-40-46)16-26(17-29(34)38)37(2,3)4)30-18-31(35(48)44(6)42-30)41-33-11-10-24(19-39-33)21-45-14-12-43(5)13-15-45/h7-11,16-20H,12-15,21-22H2,1-6H3,(H,39,41). The van der Waals surface area contributed by atoms with Crippen molar-refractivity contribution in [2.75, 3.05) is 38.5 Å². The third-order valence-corrected chi connectivity index (χ3v) is 8.93. The summed E-state index contributed by atoms with van der Waals surface area (Å²) in [6, 6.07) is 13.6. The molecule has 0 saturated carbocycles. The average molecular weight is 681 g/mol. The second kappa shape index (κ2) is 13.9. The third-order valence-electron chi connectivity index (χ3n) is 8.93. The Kier molecular flexibility index (Phi) is 9.63. The second-order valence-electron chi connectivity index (χ2n) is 13.7. The summed E-state index contributed by atoms with van der Waals surface area (Å²) in [5.41, 5.74) is 2.16. The Balaban J connectivity index is 1.37. The summed E-state index contributed by atoms with van der Waals surface area (Å²) < 4.78 is 23.2. The number of pyridine rings is 1. The number of rotatable bonds is 8. The van der Waals surface area contributed by atoms with Crippen molar-refractivity contribution in [3.8, 4) is 16.9 Å². The molecule has 0 spiro atoms. The van der Waals surface area contributed by atoms with E-state index in [1.54, 1.807) is 36.5 Å². The van der Waals surface area contributed by atoms with Crippen molar-refractivity contribution in [1.82, 2.24) is 34.3 Å². The number of nitrogens with one attached hydrogen (secondary N) is 1. The average Bonchev–Trinajstić information content (AvgIpc) is 3.07. The largest absolute Gasteiger partial charge is 0.461 e. The number of carbonyl (C=O) groups is 1. The number of anilines is 2. The predicted molar refractivity (Wildman–Crippen MR) is 190 cm³/mol. The first-order chi connectivity index (χ1) is 23.8. The Morgan fingerprint density at radius 3 is 2.42 bits per heavy atom. The molecule has 2 aromatic carbocycles. The minimum atomic E-state index is -0.667. The minimum Gasteiger partial charge on any atom is -0.461 e. The number of hydrogen-bond donors (Lipinski definition) is 1. The van der Waals surface area contributed by atoms with E-state index >= 15 is 4.39 Å². The molecule has 12 nitrogen and oxygen atoms in total. The molecule has 0 radical (unpaired) electrons. The van der Waals surface area contributed by atoms with Gasteiger partial charge in [-0.25, -0.2) is 14.1 Å². The third kappa shape index (κ3) is 7.33. The molecular formula is C37H41FN8O4. The Morgan fingerprint density at radius 1 is 0.980 bits per heavy atom. The quantitative estimate of drug-likeness (QED) is 0.234. The molecule has 5 aromatic rings. The fraction of sp³-hybridized carbons (Fsp3) is 0.351. The molecule has 1 aliphatic rings. The zero-order chi connectivity index (χ0) is 35.7. The lowest BCUT2D eigenvalue weighted by atomic mass is 9.86. The summed E-state index contributed by atoms with van der Waals surface area (Å²) in [6.45, 7) is 11.8. The first-order valence-electron chi connectivity index (χ1n) is 16.5. The van der Waals surface area contributed by atoms with Crippen molar-refractivity contribution < 1.29 is 13.9 Å². The zero-order valence-corrected chi connectivity index (χ0v) is 29.2. The van der Waals surface area contributed by atoms with Gasteiger partial charge in [0.25, 0.3) is 11.1 Å². The highest BCUT2D eigenvalue weighted by molar-refractivity contribution is 5.83. The fourth-order valence-corrected chi connectivity index (χ4v) is 6.00. The summed E-state index contributed by atoms with van der Waals surface area (Å²) in [6.07, 6.45) is 3.25. The highest BCUT2D eigenvalue weighted by atomic mass is 19.1. The summed E-state index contributed by atoms with van der Waals surface area (Å²) in [5.74, 6) is -0.704. The van der Waals surface area contributed by atoms with Crippen LogP contribution in [0.1, 0.15) is 44.4 Å². The van der Waals surface area contributed by atoms with Gasteiger partial charge >= 0.3 is 5.97 Å². The molecule has 1 saturated heterocycles. The van der Waals surface area contributed by atoms with Gasteiger partial charge in [-0.2, -0.15) is 14.9 Å². The molecule has 260 valence electrons. The fourth-order valence-electron chi connectivity index (χ4n) is 6.00. The number of aryl methyl sites for hydroxylation is 1. The number of ether oxygens (including phenoxy) is 1. The van der Waals surface area contributed by atoms with E-state index in [2.05, 4.69) is 37.3 Å². The minimum absolute atomic E-state index is 0.106. The van der Waals surface area contributed by atoms with Gasteiger partial charge in [-0.15, -0.1) is 0 Å². The van der Waals surface area contributed by atoms with Crippen molar-refractivity contribution in [1.29, 1.82) is 0 Å². The first kappa shape index (κ1) is 34.6. The topological polar surface area (TPSA) is 127 Å². The van der Waals surface area contributed by atoms with Gasteiger partial charge < -0.3 is 15.0 Å². The SMILES string of the molecule is CC(=O)OCc1c(-c2cc(Nc3ccc(CN4CCN(C)CC4)cn3)c(=O)n(C)n2)cccc1-n1ncc2cc(C(C)(C)C)cc(F)c2c1=O. The molecule has 0 aliphatic carbocycles. The maximum atomic E-state index is 15.5. The number of hydrogen-bond acceptors (Lipinski definition) is 10. The van der Waals surface area contributed by atoms with Crippen LogP contribution in [0.15, 0.2) is 70.5 Å². The van der Waals surface area contributed by atoms with Crippen molar-refractivity contribution in [3.63, 3.8) is 0 Å². The van der Waals surface area contributed by atoms with Crippen LogP contribution < -0.4 is 16.4 Å². The predicted octanol–water partition coefficient (Wildman–Crippen LogP) is 4.53. The number of piperazine rings is 1. The van der Waals surface area contributed by atoms with Gasteiger partial charge in [0.2, 0.25) is 0 Å².